The van der Waals surface area contributed by atoms with Crippen molar-refractivity contribution in [2.24, 2.45) is 0 Å². The Kier molecular flexibility index (Phi) is 5.28. The Balaban J connectivity index is 1.79. The summed E-state index contributed by atoms with van der Waals surface area (Å²) < 4.78 is 0. The molecule has 2 heterocycles. The Morgan fingerprint density at radius 1 is 1.17 bits per heavy atom. The monoisotopic (exact) mass is 356 g/mol. The second-order valence-corrected chi connectivity index (χ2v) is 6.87. The molecule has 122 valence electrons. The van der Waals surface area contributed by atoms with Crippen LogP contribution in [0.2, 0.25) is 5.02 Å². The highest BCUT2D eigenvalue weighted by Gasteiger charge is 2.17. The lowest BCUT2D eigenvalue weighted by Gasteiger charge is -2.20. The zero-order valence-electron chi connectivity index (χ0n) is 13.3. The van der Waals surface area contributed by atoms with Crippen molar-refractivity contribution >= 4 is 28.8 Å². The van der Waals surface area contributed by atoms with Crippen LogP contribution in [0.25, 0.3) is 10.4 Å². The van der Waals surface area contributed by atoms with Gasteiger partial charge in [0.1, 0.15) is 0 Å². The molecule has 3 nitrogen and oxygen atoms in total. The zero-order valence-corrected chi connectivity index (χ0v) is 14.8. The lowest BCUT2D eigenvalue weighted by Crippen LogP contribution is -2.29. The fraction of sp³-hybridized carbons (Fsp3) is 0.158. The number of hydrogen-bond donors (Lipinski definition) is 0. The third kappa shape index (κ3) is 3.83. The molecule has 0 bridgehead atoms. The van der Waals surface area contributed by atoms with Gasteiger partial charge in [-0.15, -0.1) is 11.3 Å². The molecule has 2 aromatic heterocycles. The highest BCUT2D eigenvalue weighted by Crippen LogP contribution is 2.30. The molecule has 3 aromatic rings. The van der Waals surface area contributed by atoms with E-state index in [0.29, 0.717) is 18.1 Å². The highest BCUT2D eigenvalue weighted by atomic mass is 35.5. The van der Waals surface area contributed by atoms with Crippen LogP contribution < -0.4 is 0 Å². The summed E-state index contributed by atoms with van der Waals surface area (Å²) in [6.45, 7) is 3.23. The van der Waals surface area contributed by atoms with Crippen molar-refractivity contribution in [2.45, 2.75) is 13.5 Å². The van der Waals surface area contributed by atoms with Gasteiger partial charge in [0.25, 0.3) is 5.91 Å². The van der Waals surface area contributed by atoms with Gasteiger partial charge in [-0.3, -0.25) is 9.78 Å². The molecular weight excluding hydrogens is 340 g/mol. The molecule has 3 rings (SSSR count). The molecule has 0 saturated carbocycles. The molecule has 0 aliphatic rings. The van der Waals surface area contributed by atoms with Gasteiger partial charge in [0.2, 0.25) is 0 Å². The van der Waals surface area contributed by atoms with E-state index in [0.717, 1.165) is 20.9 Å². The largest absolute Gasteiger partial charge is 0.334 e. The molecule has 0 N–H and O–H groups in total. The lowest BCUT2D eigenvalue weighted by atomic mass is 10.2. The topological polar surface area (TPSA) is 33.2 Å². The number of nitrogens with zero attached hydrogens (tertiary/aromatic N) is 2. The van der Waals surface area contributed by atoms with Crippen molar-refractivity contribution < 1.29 is 4.79 Å². The molecule has 0 atom stereocenters. The van der Waals surface area contributed by atoms with Crippen molar-refractivity contribution in [3.63, 3.8) is 0 Å². The number of carbonyl (C=O) groups is 1. The summed E-state index contributed by atoms with van der Waals surface area (Å²) in [6, 6.07) is 15.4. The van der Waals surface area contributed by atoms with Crippen LogP contribution in [0.15, 0.2) is 60.9 Å². The summed E-state index contributed by atoms with van der Waals surface area (Å²) in [7, 11) is 0. The second kappa shape index (κ2) is 7.60. The van der Waals surface area contributed by atoms with E-state index in [4.69, 9.17) is 11.6 Å². The third-order valence-corrected chi connectivity index (χ3v) is 5.08. The van der Waals surface area contributed by atoms with Crippen molar-refractivity contribution in [3.05, 3.63) is 76.4 Å². The van der Waals surface area contributed by atoms with Gasteiger partial charge in [-0.25, -0.2) is 0 Å². The van der Waals surface area contributed by atoms with E-state index < -0.39 is 0 Å². The molecular formula is C19H17ClN2OS. The van der Waals surface area contributed by atoms with Crippen LogP contribution in [0.5, 0.6) is 0 Å². The first-order valence-corrected chi connectivity index (χ1v) is 8.91. The Labute approximate surface area is 150 Å². The number of hydrogen-bond acceptors (Lipinski definition) is 3. The van der Waals surface area contributed by atoms with Gasteiger partial charge in [0, 0.05) is 35.4 Å². The summed E-state index contributed by atoms with van der Waals surface area (Å²) in [5.41, 5.74) is 2.11. The van der Waals surface area contributed by atoms with Crippen molar-refractivity contribution in [2.75, 3.05) is 6.54 Å². The molecule has 24 heavy (non-hydrogen) atoms. The number of halogens is 1. The van der Waals surface area contributed by atoms with Crippen LogP contribution in [-0.2, 0) is 6.54 Å². The molecule has 1 amide bonds. The molecule has 0 spiro atoms. The van der Waals surface area contributed by atoms with Crippen LogP contribution >= 0.6 is 22.9 Å². The number of aromatic nitrogens is 1. The normalized spacial score (nSPS) is 10.6. The quantitative estimate of drug-likeness (QED) is 0.635. The second-order valence-electron chi connectivity index (χ2n) is 5.35. The van der Waals surface area contributed by atoms with Crippen LogP contribution in [0.1, 0.15) is 22.2 Å². The molecule has 0 saturated heterocycles. The van der Waals surface area contributed by atoms with E-state index in [2.05, 4.69) is 4.98 Å². The average Bonchev–Trinajstić information content (AvgIpc) is 3.10. The molecule has 0 radical (unpaired) electrons. The molecule has 1 aromatic carbocycles. The standard InChI is InChI=1S/C19H17ClN2OS/c1-2-22(13-14-8-10-21-11-9-14)19(23)18-7-6-17(24-18)15-4-3-5-16(20)12-15/h3-12H,2,13H2,1H3. The van der Waals surface area contributed by atoms with Crippen LogP contribution in [0, 0.1) is 0 Å². The van der Waals surface area contributed by atoms with E-state index >= 15 is 0 Å². The van der Waals surface area contributed by atoms with Gasteiger partial charge in [0.15, 0.2) is 0 Å². The fourth-order valence-corrected chi connectivity index (χ4v) is 3.60. The van der Waals surface area contributed by atoms with E-state index in [9.17, 15) is 4.79 Å². The molecule has 5 heteroatoms. The Morgan fingerprint density at radius 3 is 2.67 bits per heavy atom. The number of amides is 1. The van der Waals surface area contributed by atoms with Crippen molar-refractivity contribution in [1.29, 1.82) is 0 Å². The summed E-state index contributed by atoms with van der Waals surface area (Å²) >= 11 is 7.55. The van der Waals surface area contributed by atoms with E-state index in [1.165, 1.54) is 11.3 Å². The minimum absolute atomic E-state index is 0.0487. The van der Waals surface area contributed by atoms with Gasteiger partial charge in [-0.05, 0) is 54.4 Å². The molecule has 0 aliphatic carbocycles. The SMILES string of the molecule is CCN(Cc1ccncc1)C(=O)c1ccc(-c2cccc(Cl)c2)s1. The Hall–Kier alpha value is -2.17. The summed E-state index contributed by atoms with van der Waals surface area (Å²) in [6.07, 6.45) is 3.49. The Morgan fingerprint density at radius 2 is 1.96 bits per heavy atom. The maximum absolute atomic E-state index is 12.8. The minimum Gasteiger partial charge on any atom is -0.334 e. The maximum Gasteiger partial charge on any atom is 0.264 e. The van der Waals surface area contributed by atoms with E-state index in [-0.39, 0.29) is 5.91 Å². The summed E-state index contributed by atoms with van der Waals surface area (Å²) in [5.74, 6) is 0.0487. The molecule has 0 fully saturated rings. The van der Waals surface area contributed by atoms with Crippen LogP contribution in [-0.4, -0.2) is 22.3 Å². The van der Waals surface area contributed by atoms with Gasteiger partial charge < -0.3 is 4.90 Å². The first-order valence-electron chi connectivity index (χ1n) is 7.71. The van der Waals surface area contributed by atoms with E-state index in [1.807, 2.05) is 60.4 Å². The van der Waals surface area contributed by atoms with Gasteiger partial charge >= 0.3 is 0 Å². The summed E-state index contributed by atoms with van der Waals surface area (Å²) in [4.78, 5) is 20.4. The third-order valence-electron chi connectivity index (χ3n) is 3.72. The predicted molar refractivity (Wildman–Crippen MR) is 99.4 cm³/mol. The lowest BCUT2D eigenvalue weighted by molar-refractivity contribution is 0.0757. The van der Waals surface area contributed by atoms with Gasteiger partial charge in [-0.1, -0.05) is 23.7 Å². The molecule has 0 unspecified atom stereocenters. The number of thiophene rings is 1. The zero-order chi connectivity index (χ0) is 16.9. The van der Waals surface area contributed by atoms with Crippen molar-refractivity contribution in [3.8, 4) is 10.4 Å². The Bertz CT molecular complexity index is 832. The molecule has 0 aliphatic heterocycles. The van der Waals surface area contributed by atoms with Crippen molar-refractivity contribution in [1.82, 2.24) is 9.88 Å². The van der Waals surface area contributed by atoms with Gasteiger partial charge in [0.05, 0.1) is 4.88 Å². The smallest absolute Gasteiger partial charge is 0.264 e. The number of carbonyl (C=O) groups excluding carboxylic acids is 1. The maximum atomic E-state index is 12.8. The number of pyridine rings is 1. The van der Waals surface area contributed by atoms with Gasteiger partial charge in [-0.2, -0.15) is 0 Å². The highest BCUT2D eigenvalue weighted by molar-refractivity contribution is 7.17. The predicted octanol–water partition coefficient (Wildman–Crippen LogP) is 5.13. The summed E-state index contributed by atoms with van der Waals surface area (Å²) in [5, 5.41) is 0.696. The number of rotatable bonds is 5. The van der Waals surface area contributed by atoms with E-state index in [1.54, 1.807) is 12.4 Å². The number of benzene rings is 1. The fourth-order valence-electron chi connectivity index (χ4n) is 2.44. The minimum atomic E-state index is 0.0487. The average molecular weight is 357 g/mol. The van der Waals surface area contributed by atoms with Crippen LogP contribution in [0.4, 0.5) is 0 Å². The first kappa shape index (κ1) is 16.7. The first-order chi connectivity index (χ1) is 11.7. The van der Waals surface area contributed by atoms with Crippen LogP contribution in [0.3, 0.4) is 0 Å².